The molecule has 7 heteroatoms. The smallest absolute Gasteiger partial charge is 0.249 e. The number of nitrogens with zero attached hydrogens (tertiary/aromatic N) is 1. The zero-order valence-electron chi connectivity index (χ0n) is 14.9. The molecule has 2 saturated heterocycles. The number of ether oxygens (including phenoxy) is 1. The molecule has 3 rings (SSSR count). The van der Waals surface area contributed by atoms with E-state index in [1.54, 1.807) is 24.3 Å². The monoisotopic (exact) mass is 360 g/mol. The summed E-state index contributed by atoms with van der Waals surface area (Å²) in [5.41, 5.74) is 6.35. The first kappa shape index (κ1) is 18.5. The van der Waals surface area contributed by atoms with Crippen molar-refractivity contribution in [3.8, 4) is 0 Å². The van der Waals surface area contributed by atoms with Gasteiger partial charge >= 0.3 is 0 Å². The van der Waals surface area contributed by atoms with Crippen molar-refractivity contribution in [3.63, 3.8) is 0 Å². The SMILES string of the molecule is CC(C)C[C@H](C(=O)N1C[C@@H](O)[C@H]2OCC(=O)[C@H]21)c1ccccc1C(N)=O. The second-order valence-corrected chi connectivity index (χ2v) is 7.38. The zero-order valence-corrected chi connectivity index (χ0v) is 14.9. The van der Waals surface area contributed by atoms with Gasteiger partial charge in [0.1, 0.15) is 24.9 Å². The van der Waals surface area contributed by atoms with Crippen molar-refractivity contribution in [1.29, 1.82) is 0 Å². The lowest BCUT2D eigenvalue weighted by Crippen LogP contribution is -2.44. The van der Waals surface area contributed by atoms with E-state index in [0.29, 0.717) is 17.5 Å². The van der Waals surface area contributed by atoms with Crippen molar-refractivity contribution < 1.29 is 24.2 Å². The summed E-state index contributed by atoms with van der Waals surface area (Å²) in [6, 6.07) is 6.03. The number of ketones is 1. The Hall–Kier alpha value is -2.25. The lowest BCUT2D eigenvalue weighted by Gasteiger charge is -2.28. The highest BCUT2D eigenvalue weighted by atomic mass is 16.5. The third kappa shape index (κ3) is 3.24. The molecule has 0 radical (unpaired) electrons. The number of nitrogens with two attached hydrogens (primary N) is 1. The minimum atomic E-state index is -0.888. The summed E-state index contributed by atoms with van der Waals surface area (Å²) in [5, 5.41) is 10.2. The number of primary amides is 1. The van der Waals surface area contributed by atoms with Crippen LogP contribution < -0.4 is 5.73 Å². The standard InChI is InChI=1S/C19H24N2O5/c1-10(2)7-13(11-5-3-4-6-12(11)18(20)24)19(25)21-8-14(22)17-16(21)15(23)9-26-17/h3-6,10,13-14,16-17,22H,7-9H2,1-2H3,(H2,20,24)/t13-,14+,16+,17+/m0/s1. The normalized spacial score (nSPS) is 26.2. The van der Waals surface area contributed by atoms with Crippen molar-refractivity contribution in [1.82, 2.24) is 4.90 Å². The maximum Gasteiger partial charge on any atom is 0.249 e. The van der Waals surface area contributed by atoms with Gasteiger partial charge in [0.15, 0.2) is 5.78 Å². The number of hydrogen-bond donors (Lipinski definition) is 2. The summed E-state index contributed by atoms with van der Waals surface area (Å²) < 4.78 is 5.34. The lowest BCUT2D eigenvalue weighted by atomic mass is 9.86. The van der Waals surface area contributed by atoms with Gasteiger partial charge in [0.05, 0.1) is 12.5 Å². The molecule has 1 aromatic carbocycles. The fraction of sp³-hybridized carbons (Fsp3) is 0.526. The van der Waals surface area contributed by atoms with Gasteiger partial charge in [-0.2, -0.15) is 0 Å². The molecular formula is C19H24N2O5. The van der Waals surface area contributed by atoms with Crippen LogP contribution in [-0.2, 0) is 14.3 Å². The second-order valence-electron chi connectivity index (χ2n) is 7.38. The van der Waals surface area contributed by atoms with Gasteiger partial charge in [0, 0.05) is 5.56 Å². The second kappa shape index (κ2) is 7.17. The maximum atomic E-state index is 13.3. The van der Waals surface area contributed by atoms with Gasteiger partial charge in [0.2, 0.25) is 11.8 Å². The molecule has 0 aliphatic carbocycles. The number of carbonyl (C=O) groups is 3. The van der Waals surface area contributed by atoms with Gasteiger partial charge in [-0.05, 0) is 24.0 Å². The van der Waals surface area contributed by atoms with Crippen molar-refractivity contribution in [3.05, 3.63) is 35.4 Å². The Labute approximate surface area is 152 Å². The Bertz CT molecular complexity index is 732. The van der Waals surface area contributed by atoms with E-state index in [2.05, 4.69) is 0 Å². The van der Waals surface area contributed by atoms with Gasteiger partial charge in [-0.3, -0.25) is 14.4 Å². The fourth-order valence-corrected chi connectivity index (χ4v) is 3.91. The van der Waals surface area contributed by atoms with Crippen LogP contribution >= 0.6 is 0 Å². The van der Waals surface area contributed by atoms with Crippen LogP contribution in [0, 0.1) is 5.92 Å². The van der Waals surface area contributed by atoms with Crippen molar-refractivity contribution >= 4 is 17.6 Å². The van der Waals surface area contributed by atoms with Crippen LogP contribution in [-0.4, -0.2) is 59.0 Å². The van der Waals surface area contributed by atoms with Gasteiger partial charge in [-0.1, -0.05) is 32.0 Å². The average Bonchev–Trinajstić information content (AvgIpc) is 3.13. The predicted molar refractivity (Wildman–Crippen MR) is 93.4 cm³/mol. The van der Waals surface area contributed by atoms with Gasteiger partial charge in [0.25, 0.3) is 0 Å². The molecule has 0 spiro atoms. The molecule has 0 bridgehead atoms. The molecule has 7 nitrogen and oxygen atoms in total. The highest BCUT2D eigenvalue weighted by Crippen LogP contribution is 2.34. The molecule has 140 valence electrons. The summed E-state index contributed by atoms with van der Waals surface area (Å²) in [5.74, 6) is -1.51. The number of hydrogen-bond acceptors (Lipinski definition) is 5. The number of aliphatic hydroxyl groups excluding tert-OH is 1. The summed E-state index contributed by atoms with van der Waals surface area (Å²) in [4.78, 5) is 38.8. The molecule has 0 unspecified atom stereocenters. The first-order valence-electron chi connectivity index (χ1n) is 8.82. The number of aliphatic hydroxyl groups is 1. The average molecular weight is 360 g/mol. The molecular weight excluding hydrogens is 336 g/mol. The number of rotatable bonds is 5. The third-order valence-corrected chi connectivity index (χ3v) is 5.05. The Morgan fingerprint density at radius 1 is 1.35 bits per heavy atom. The highest BCUT2D eigenvalue weighted by Gasteiger charge is 2.52. The largest absolute Gasteiger partial charge is 0.388 e. The molecule has 2 heterocycles. The number of likely N-dealkylation sites (tertiary alicyclic amines) is 1. The number of fused-ring (bicyclic) bond motifs is 1. The van der Waals surface area contributed by atoms with Crippen LogP contribution in [0.3, 0.4) is 0 Å². The van der Waals surface area contributed by atoms with E-state index in [9.17, 15) is 19.5 Å². The highest BCUT2D eigenvalue weighted by molar-refractivity contribution is 5.98. The molecule has 2 aliphatic heterocycles. The van der Waals surface area contributed by atoms with E-state index in [1.807, 2.05) is 13.8 Å². The summed E-state index contributed by atoms with van der Waals surface area (Å²) in [6.07, 6.45) is -1.05. The fourth-order valence-electron chi connectivity index (χ4n) is 3.91. The molecule has 0 aromatic heterocycles. The number of β-amino-alcohol motifs (C(OH)–C–C–N with tert-alkyl or cyclic N) is 1. The molecule has 0 saturated carbocycles. The van der Waals surface area contributed by atoms with Gasteiger partial charge in [-0.25, -0.2) is 0 Å². The molecule has 2 amide bonds. The topological polar surface area (TPSA) is 110 Å². The number of Topliss-reactive ketones (excluding diaryl/α,β-unsaturated/α-hetero) is 1. The van der Waals surface area contributed by atoms with Crippen molar-refractivity contribution in [2.45, 2.75) is 44.4 Å². The van der Waals surface area contributed by atoms with Crippen LogP contribution in [0.25, 0.3) is 0 Å². The summed E-state index contributed by atoms with van der Waals surface area (Å²) in [6.45, 7) is 3.92. The van der Waals surface area contributed by atoms with Crippen LogP contribution in [0.15, 0.2) is 24.3 Å². The summed E-state index contributed by atoms with van der Waals surface area (Å²) in [7, 11) is 0. The number of carbonyl (C=O) groups excluding carboxylic acids is 3. The van der Waals surface area contributed by atoms with E-state index in [4.69, 9.17) is 10.5 Å². The quantitative estimate of drug-likeness (QED) is 0.792. The Kier molecular flexibility index (Phi) is 5.11. The van der Waals surface area contributed by atoms with Crippen LogP contribution in [0.1, 0.15) is 42.1 Å². The van der Waals surface area contributed by atoms with E-state index < -0.39 is 30.1 Å². The Balaban J connectivity index is 1.97. The first-order valence-corrected chi connectivity index (χ1v) is 8.82. The third-order valence-electron chi connectivity index (χ3n) is 5.05. The lowest BCUT2D eigenvalue weighted by molar-refractivity contribution is -0.138. The van der Waals surface area contributed by atoms with E-state index in [-0.39, 0.29) is 30.8 Å². The predicted octanol–water partition coefficient (Wildman–Crippen LogP) is 0.455. The molecule has 3 N–H and O–H groups in total. The minimum absolute atomic E-state index is 0.0488. The summed E-state index contributed by atoms with van der Waals surface area (Å²) >= 11 is 0. The van der Waals surface area contributed by atoms with Gasteiger partial charge < -0.3 is 20.5 Å². The van der Waals surface area contributed by atoms with Crippen LogP contribution in [0.2, 0.25) is 0 Å². The van der Waals surface area contributed by atoms with Crippen LogP contribution in [0.5, 0.6) is 0 Å². The number of benzene rings is 1. The van der Waals surface area contributed by atoms with E-state index in [1.165, 1.54) is 4.90 Å². The number of amides is 2. The molecule has 1 aromatic rings. The zero-order chi connectivity index (χ0) is 19.0. The maximum absolute atomic E-state index is 13.3. The van der Waals surface area contributed by atoms with Crippen LogP contribution in [0.4, 0.5) is 0 Å². The minimum Gasteiger partial charge on any atom is -0.388 e. The Morgan fingerprint density at radius 2 is 2.04 bits per heavy atom. The first-order chi connectivity index (χ1) is 12.3. The van der Waals surface area contributed by atoms with Crippen molar-refractivity contribution in [2.75, 3.05) is 13.2 Å². The molecule has 4 atom stereocenters. The molecule has 26 heavy (non-hydrogen) atoms. The molecule has 2 fully saturated rings. The Morgan fingerprint density at radius 3 is 2.69 bits per heavy atom. The van der Waals surface area contributed by atoms with Gasteiger partial charge in [-0.15, -0.1) is 0 Å². The van der Waals surface area contributed by atoms with Crippen molar-refractivity contribution in [2.24, 2.45) is 11.7 Å². The van der Waals surface area contributed by atoms with E-state index >= 15 is 0 Å². The van der Waals surface area contributed by atoms with E-state index in [0.717, 1.165) is 0 Å². The molecule has 2 aliphatic rings.